The van der Waals surface area contributed by atoms with Gasteiger partial charge in [0.05, 0.1) is 0 Å². The molecule has 5 heteroatoms. The lowest BCUT2D eigenvalue weighted by atomic mass is 10.3. The molecule has 1 N–H and O–H groups in total. The van der Waals surface area contributed by atoms with Crippen LogP contribution in [0.4, 0.5) is 5.69 Å². The highest BCUT2D eigenvalue weighted by Crippen LogP contribution is 2.11. The van der Waals surface area contributed by atoms with Crippen LogP contribution in [0.15, 0.2) is 29.2 Å². The van der Waals surface area contributed by atoms with E-state index in [9.17, 15) is 13.6 Å². The molecule has 4 nitrogen and oxygen atoms in total. The summed E-state index contributed by atoms with van der Waals surface area (Å²) in [5, 5.41) is 2.62. The first-order valence-electron chi connectivity index (χ1n) is 4.12. The van der Waals surface area contributed by atoms with Crippen LogP contribution in [0.25, 0.3) is 0 Å². The van der Waals surface area contributed by atoms with Crippen molar-refractivity contribution in [2.75, 3.05) is 5.32 Å². The van der Waals surface area contributed by atoms with Gasteiger partial charge in [0.2, 0.25) is 5.91 Å². The molecule has 0 aliphatic heterocycles. The van der Waals surface area contributed by atoms with Crippen LogP contribution in [-0.2, 0) is 15.9 Å². The van der Waals surface area contributed by atoms with E-state index in [0.717, 1.165) is 0 Å². The third-order valence-electron chi connectivity index (χ3n) is 1.65. The lowest BCUT2D eigenvalue weighted by molar-refractivity contribution is -0.115. The number of hydrogen-bond donors (Lipinski definition) is 1. The minimum atomic E-state index is -2.21. The largest absolute Gasteiger partial charge is 0.768 e. The first-order valence-corrected chi connectivity index (χ1v) is 5.20. The lowest BCUT2D eigenvalue weighted by Gasteiger charge is -2.06. The van der Waals surface area contributed by atoms with Crippen molar-refractivity contribution < 1.29 is 13.6 Å². The number of hydrogen-bond acceptors (Lipinski definition) is 3. The molecule has 1 amide bonds. The van der Waals surface area contributed by atoms with Crippen LogP contribution in [0, 0.1) is 0 Å². The smallest absolute Gasteiger partial charge is 0.224 e. The molecule has 14 heavy (non-hydrogen) atoms. The summed E-state index contributed by atoms with van der Waals surface area (Å²) < 4.78 is 21.0. The van der Waals surface area contributed by atoms with Crippen LogP contribution in [0.2, 0.25) is 0 Å². The monoisotopic (exact) mass is 212 g/mol. The van der Waals surface area contributed by atoms with Crippen molar-refractivity contribution in [1.29, 1.82) is 0 Å². The maximum Gasteiger partial charge on any atom is 0.224 e. The molecular weight excluding hydrogens is 202 g/mol. The zero-order valence-electron chi connectivity index (χ0n) is 7.65. The van der Waals surface area contributed by atoms with Gasteiger partial charge < -0.3 is 9.87 Å². The molecule has 0 bridgehead atoms. The fraction of sp³-hybridized carbons (Fsp3) is 0.222. The van der Waals surface area contributed by atoms with E-state index in [4.69, 9.17) is 0 Å². The molecule has 76 valence electrons. The van der Waals surface area contributed by atoms with Gasteiger partial charge in [-0.05, 0) is 35.3 Å². The molecule has 1 aromatic carbocycles. The minimum Gasteiger partial charge on any atom is -0.768 e. The molecule has 0 spiro atoms. The summed E-state index contributed by atoms with van der Waals surface area (Å²) in [5.41, 5.74) is 0.603. The molecule has 0 saturated carbocycles. The van der Waals surface area contributed by atoms with E-state index in [1.54, 1.807) is 19.1 Å². The Labute approximate surface area is 84.6 Å². The molecule has 1 unspecified atom stereocenters. The summed E-state index contributed by atoms with van der Waals surface area (Å²) in [6.07, 6.45) is 0.398. The molecule has 1 aromatic rings. The average molecular weight is 212 g/mol. The van der Waals surface area contributed by atoms with E-state index in [1.807, 2.05) is 0 Å². The van der Waals surface area contributed by atoms with Gasteiger partial charge in [-0.2, -0.15) is 0 Å². The average Bonchev–Trinajstić information content (AvgIpc) is 2.18. The van der Waals surface area contributed by atoms with E-state index >= 15 is 0 Å². The predicted molar refractivity (Wildman–Crippen MR) is 52.5 cm³/mol. The van der Waals surface area contributed by atoms with Crippen molar-refractivity contribution in [1.82, 2.24) is 0 Å². The maximum atomic E-state index is 11.0. The van der Waals surface area contributed by atoms with Crippen molar-refractivity contribution >= 4 is 22.7 Å². The summed E-state index contributed by atoms with van der Waals surface area (Å²) in [4.78, 5) is 11.2. The maximum absolute atomic E-state index is 11.0. The Morgan fingerprint density at radius 2 is 2.00 bits per heavy atom. The van der Waals surface area contributed by atoms with Crippen LogP contribution in [0.5, 0.6) is 0 Å². The molecule has 0 radical (unpaired) electrons. The number of anilines is 1. The van der Waals surface area contributed by atoms with Gasteiger partial charge in [0.1, 0.15) is 0 Å². The van der Waals surface area contributed by atoms with Crippen LogP contribution >= 0.6 is 0 Å². The van der Waals surface area contributed by atoms with E-state index in [2.05, 4.69) is 5.32 Å². The molecule has 0 aromatic heterocycles. The number of amides is 1. The quantitative estimate of drug-likeness (QED) is 0.767. The van der Waals surface area contributed by atoms with Crippen molar-refractivity contribution in [3.05, 3.63) is 24.3 Å². The topological polar surface area (TPSA) is 69.2 Å². The Bertz CT molecular complexity index is 348. The second kappa shape index (κ2) is 4.88. The number of carbonyl (C=O) groups is 1. The van der Waals surface area contributed by atoms with Gasteiger partial charge in [-0.15, -0.1) is 0 Å². The van der Waals surface area contributed by atoms with Crippen molar-refractivity contribution in [2.45, 2.75) is 18.2 Å². The Hall–Kier alpha value is -1.20. The zero-order chi connectivity index (χ0) is 10.6. The minimum absolute atomic E-state index is 0.0963. The lowest BCUT2D eigenvalue weighted by Crippen LogP contribution is -2.09. The Kier molecular flexibility index (Phi) is 3.79. The number of carbonyl (C=O) groups excluding carboxylic acids is 1. The van der Waals surface area contributed by atoms with Gasteiger partial charge in [0.25, 0.3) is 0 Å². The Balaban J connectivity index is 2.73. The predicted octanol–water partition coefficient (Wildman–Crippen LogP) is 1.27. The van der Waals surface area contributed by atoms with Gasteiger partial charge >= 0.3 is 0 Å². The highest BCUT2D eigenvalue weighted by atomic mass is 32.2. The van der Waals surface area contributed by atoms with Crippen LogP contribution in [0.3, 0.4) is 0 Å². The van der Waals surface area contributed by atoms with Crippen LogP contribution in [-0.4, -0.2) is 14.7 Å². The Morgan fingerprint density at radius 3 is 2.43 bits per heavy atom. The second-order valence-electron chi connectivity index (χ2n) is 2.66. The van der Waals surface area contributed by atoms with Crippen molar-refractivity contribution in [2.24, 2.45) is 0 Å². The molecular formula is C9H10NO3S-. The summed E-state index contributed by atoms with van der Waals surface area (Å²) in [6.45, 7) is 1.75. The molecule has 0 heterocycles. The van der Waals surface area contributed by atoms with Gasteiger partial charge in [0.15, 0.2) is 0 Å². The van der Waals surface area contributed by atoms with Crippen molar-refractivity contribution in [3.8, 4) is 0 Å². The van der Waals surface area contributed by atoms with E-state index < -0.39 is 11.1 Å². The number of rotatable bonds is 3. The van der Waals surface area contributed by atoms with Crippen LogP contribution < -0.4 is 5.32 Å². The summed E-state index contributed by atoms with van der Waals surface area (Å²) in [7, 11) is 0. The fourth-order valence-corrected chi connectivity index (χ4v) is 1.26. The zero-order valence-corrected chi connectivity index (χ0v) is 8.47. The van der Waals surface area contributed by atoms with E-state index in [1.165, 1.54) is 12.1 Å². The fourth-order valence-electron chi connectivity index (χ4n) is 0.899. The first kappa shape index (κ1) is 10.9. The number of nitrogens with one attached hydrogen (secondary N) is 1. The van der Waals surface area contributed by atoms with Gasteiger partial charge in [-0.25, -0.2) is 0 Å². The molecule has 1 rings (SSSR count). The third kappa shape index (κ3) is 2.93. The highest BCUT2D eigenvalue weighted by molar-refractivity contribution is 7.79. The molecule has 1 atom stereocenters. The SMILES string of the molecule is CCC(=O)Nc1ccc(S(=O)[O-])cc1. The molecule has 0 saturated heterocycles. The van der Waals surface area contributed by atoms with Crippen LogP contribution in [0.1, 0.15) is 13.3 Å². The van der Waals surface area contributed by atoms with E-state index in [0.29, 0.717) is 12.1 Å². The van der Waals surface area contributed by atoms with Crippen molar-refractivity contribution in [3.63, 3.8) is 0 Å². The summed E-state index contributed by atoms with van der Waals surface area (Å²) in [6, 6.07) is 5.99. The van der Waals surface area contributed by atoms with Gasteiger partial charge in [-0.3, -0.25) is 9.00 Å². The molecule has 0 aliphatic rings. The van der Waals surface area contributed by atoms with Gasteiger partial charge in [0, 0.05) is 17.0 Å². The van der Waals surface area contributed by atoms with E-state index in [-0.39, 0.29) is 10.8 Å². The standard InChI is InChI=1S/C9H11NO3S/c1-2-9(11)10-7-3-5-8(6-4-7)14(12)13/h3-6H,2H2,1H3,(H,10,11)(H,12,13)/p-1. The highest BCUT2D eigenvalue weighted by Gasteiger charge is 1.98. The molecule has 0 aliphatic carbocycles. The number of benzene rings is 1. The summed E-state index contributed by atoms with van der Waals surface area (Å²) in [5.74, 6) is -0.0963. The first-order chi connectivity index (χ1) is 6.63. The normalized spacial score (nSPS) is 12.1. The van der Waals surface area contributed by atoms with Gasteiger partial charge in [-0.1, -0.05) is 6.92 Å². The third-order valence-corrected chi connectivity index (χ3v) is 2.31. The second-order valence-corrected chi connectivity index (χ2v) is 3.60. The summed E-state index contributed by atoms with van der Waals surface area (Å²) >= 11 is -2.21. The molecule has 0 fully saturated rings. The Morgan fingerprint density at radius 1 is 1.43 bits per heavy atom.